The number of amides is 1. The third kappa shape index (κ3) is 11.8. The van der Waals surface area contributed by atoms with Crippen LogP contribution in [0.15, 0.2) is 0 Å². The van der Waals surface area contributed by atoms with Gasteiger partial charge in [0.1, 0.15) is 24.4 Å². The average molecular weight is 448 g/mol. The second kappa shape index (κ2) is 16.4. The molecule has 1 saturated heterocycles. The second-order valence-electron chi connectivity index (χ2n) is 8.45. The lowest BCUT2D eigenvalue weighted by molar-refractivity contribution is -0.236. The number of unbranched alkanes of at least 4 members (excludes halogenated alkanes) is 11. The first-order chi connectivity index (χ1) is 14.9. The van der Waals surface area contributed by atoms with E-state index in [2.05, 4.69) is 5.32 Å². The summed E-state index contributed by atoms with van der Waals surface area (Å²) in [5.74, 6) is -1.01. The molecule has 0 aliphatic carbocycles. The zero-order chi connectivity index (χ0) is 23.1. The van der Waals surface area contributed by atoms with E-state index in [1.165, 1.54) is 32.1 Å². The first-order valence-corrected chi connectivity index (χ1v) is 11.7. The summed E-state index contributed by atoms with van der Waals surface area (Å²) in [6.45, 7) is -0.524. The van der Waals surface area contributed by atoms with E-state index in [-0.39, 0.29) is 18.7 Å². The molecule has 1 fully saturated rings. The van der Waals surface area contributed by atoms with Crippen molar-refractivity contribution in [2.75, 3.05) is 6.61 Å². The molecule has 1 aliphatic rings. The Labute approximate surface area is 184 Å². The molecule has 1 rings (SSSR count). The lowest BCUT2D eigenvalue weighted by Gasteiger charge is -2.40. The molecule has 1 amide bonds. The number of carbonyl (C=O) groups excluding carboxylic acids is 1. The highest BCUT2D eigenvalue weighted by atomic mass is 16.6. The van der Waals surface area contributed by atoms with Crippen LogP contribution in [0.2, 0.25) is 0 Å². The topological polar surface area (TPSA) is 157 Å². The van der Waals surface area contributed by atoms with E-state index in [1.807, 2.05) is 0 Å². The number of carboxylic acids is 1. The van der Waals surface area contributed by atoms with Crippen LogP contribution in [0.5, 0.6) is 0 Å². The standard InChI is InChI=1S/C22H41NO8/c24-15-16-19(28)20(29)21(30)22(31-16)23-17(25)13-11-9-7-5-3-1-2-4-6-8-10-12-14-18(26)27/h16,19-22,24,28-30H,1-15H2,(H,23,25)(H,26,27). The van der Waals surface area contributed by atoms with Crippen molar-refractivity contribution in [2.45, 2.75) is 121 Å². The summed E-state index contributed by atoms with van der Waals surface area (Å²) in [5.41, 5.74) is 0. The lowest BCUT2D eigenvalue weighted by Crippen LogP contribution is -2.63. The molecular formula is C22H41NO8. The first kappa shape index (κ1) is 27.8. The van der Waals surface area contributed by atoms with Crippen molar-refractivity contribution >= 4 is 11.9 Å². The van der Waals surface area contributed by atoms with Gasteiger partial charge >= 0.3 is 5.97 Å². The predicted molar refractivity (Wildman–Crippen MR) is 114 cm³/mol. The van der Waals surface area contributed by atoms with Crippen molar-refractivity contribution in [3.63, 3.8) is 0 Å². The molecule has 0 saturated carbocycles. The molecule has 9 nitrogen and oxygen atoms in total. The second-order valence-corrected chi connectivity index (χ2v) is 8.45. The minimum absolute atomic E-state index is 0.273. The Bertz CT molecular complexity index is 502. The van der Waals surface area contributed by atoms with Crippen LogP contribution in [0.4, 0.5) is 0 Å². The van der Waals surface area contributed by atoms with Crippen molar-refractivity contribution in [1.29, 1.82) is 0 Å². The van der Waals surface area contributed by atoms with E-state index in [1.54, 1.807) is 0 Å². The molecule has 0 aromatic heterocycles. The van der Waals surface area contributed by atoms with E-state index in [4.69, 9.17) is 14.9 Å². The molecule has 1 aliphatic heterocycles. The van der Waals surface area contributed by atoms with Crippen LogP contribution in [0.25, 0.3) is 0 Å². The zero-order valence-corrected chi connectivity index (χ0v) is 18.5. The zero-order valence-electron chi connectivity index (χ0n) is 18.5. The van der Waals surface area contributed by atoms with Gasteiger partial charge in [-0.1, -0.05) is 64.2 Å². The van der Waals surface area contributed by atoms with Crippen molar-refractivity contribution in [2.24, 2.45) is 0 Å². The maximum Gasteiger partial charge on any atom is 0.303 e. The molecule has 6 N–H and O–H groups in total. The number of carbonyl (C=O) groups is 2. The number of hydrogen-bond acceptors (Lipinski definition) is 7. The van der Waals surface area contributed by atoms with Gasteiger partial charge in [-0.25, -0.2) is 0 Å². The minimum atomic E-state index is -1.49. The Balaban J connectivity index is 1.96. The summed E-state index contributed by atoms with van der Waals surface area (Å²) >= 11 is 0. The van der Waals surface area contributed by atoms with Gasteiger partial charge in [-0.2, -0.15) is 0 Å². The number of aliphatic carboxylic acids is 1. The summed E-state index contributed by atoms with van der Waals surface area (Å²) < 4.78 is 5.26. The summed E-state index contributed by atoms with van der Waals surface area (Å²) in [6, 6.07) is 0. The van der Waals surface area contributed by atoms with Crippen LogP contribution in [-0.4, -0.2) is 74.7 Å². The molecule has 1 heterocycles. The Morgan fingerprint density at radius 1 is 0.677 bits per heavy atom. The molecule has 5 unspecified atom stereocenters. The highest BCUT2D eigenvalue weighted by Crippen LogP contribution is 2.20. The number of ether oxygens (including phenoxy) is 1. The largest absolute Gasteiger partial charge is 0.481 e. The molecule has 0 aromatic carbocycles. The van der Waals surface area contributed by atoms with Crippen LogP contribution >= 0.6 is 0 Å². The van der Waals surface area contributed by atoms with Gasteiger partial charge in [0.05, 0.1) is 6.61 Å². The van der Waals surface area contributed by atoms with Crippen molar-refractivity contribution in [3.8, 4) is 0 Å². The van der Waals surface area contributed by atoms with Gasteiger partial charge < -0.3 is 35.6 Å². The monoisotopic (exact) mass is 447 g/mol. The van der Waals surface area contributed by atoms with Crippen molar-refractivity contribution < 1.29 is 39.9 Å². The summed E-state index contributed by atoms with van der Waals surface area (Å²) in [4.78, 5) is 22.4. The van der Waals surface area contributed by atoms with E-state index in [0.29, 0.717) is 0 Å². The molecular weight excluding hydrogens is 406 g/mol. The van der Waals surface area contributed by atoms with E-state index in [9.17, 15) is 24.9 Å². The molecule has 182 valence electrons. The van der Waals surface area contributed by atoms with Crippen LogP contribution in [0, 0.1) is 0 Å². The van der Waals surface area contributed by atoms with Gasteiger partial charge in [-0.3, -0.25) is 9.59 Å². The number of nitrogens with one attached hydrogen (secondary N) is 1. The Morgan fingerprint density at radius 2 is 1.13 bits per heavy atom. The highest BCUT2D eigenvalue weighted by molar-refractivity contribution is 5.76. The highest BCUT2D eigenvalue weighted by Gasteiger charge is 2.43. The van der Waals surface area contributed by atoms with Gasteiger partial charge in [-0.15, -0.1) is 0 Å². The Hall–Kier alpha value is -1.26. The quantitative estimate of drug-likeness (QED) is 0.183. The normalized spacial score (nSPS) is 26.0. The number of rotatable bonds is 17. The smallest absolute Gasteiger partial charge is 0.303 e. The fraction of sp³-hybridized carbons (Fsp3) is 0.909. The average Bonchev–Trinajstić information content (AvgIpc) is 2.74. The van der Waals surface area contributed by atoms with Crippen molar-refractivity contribution in [3.05, 3.63) is 0 Å². The van der Waals surface area contributed by atoms with E-state index >= 15 is 0 Å². The Morgan fingerprint density at radius 3 is 1.58 bits per heavy atom. The van der Waals surface area contributed by atoms with Gasteiger partial charge in [0.2, 0.25) is 5.91 Å². The maximum atomic E-state index is 12.0. The van der Waals surface area contributed by atoms with Crippen LogP contribution in [0.3, 0.4) is 0 Å². The van der Waals surface area contributed by atoms with Crippen LogP contribution < -0.4 is 5.32 Å². The summed E-state index contributed by atoms with van der Waals surface area (Å²) in [5, 5.41) is 49.6. The van der Waals surface area contributed by atoms with Gasteiger partial charge in [0.15, 0.2) is 6.23 Å². The van der Waals surface area contributed by atoms with Gasteiger partial charge in [-0.05, 0) is 12.8 Å². The fourth-order valence-electron chi connectivity index (χ4n) is 3.78. The third-order valence-corrected chi connectivity index (χ3v) is 5.74. The number of aliphatic hydroxyl groups excluding tert-OH is 4. The fourth-order valence-corrected chi connectivity index (χ4v) is 3.78. The molecule has 0 radical (unpaired) electrons. The van der Waals surface area contributed by atoms with Crippen LogP contribution in [0.1, 0.15) is 89.9 Å². The number of hydrogen-bond donors (Lipinski definition) is 6. The van der Waals surface area contributed by atoms with E-state index in [0.717, 1.165) is 44.9 Å². The molecule has 0 spiro atoms. The molecule has 31 heavy (non-hydrogen) atoms. The summed E-state index contributed by atoms with van der Waals surface area (Å²) in [7, 11) is 0. The minimum Gasteiger partial charge on any atom is -0.481 e. The van der Waals surface area contributed by atoms with Gasteiger partial charge in [0.25, 0.3) is 0 Å². The SMILES string of the molecule is O=C(O)CCCCCCCCCCCCCCC(=O)NC1OC(CO)C(O)C(O)C1O. The molecule has 5 atom stereocenters. The maximum absolute atomic E-state index is 12.0. The predicted octanol–water partition coefficient (Wildman–Crippen LogP) is 1.45. The molecule has 0 aromatic rings. The molecule has 0 bridgehead atoms. The lowest BCUT2D eigenvalue weighted by atomic mass is 9.98. The third-order valence-electron chi connectivity index (χ3n) is 5.74. The Kier molecular flexibility index (Phi) is 14.7. The summed E-state index contributed by atoms with van der Waals surface area (Å²) in [6.07, 6.45) is 6.69. The number of carboxylic acid groups (broad SMARTS) is 1. The number of aliphatic hydroxyl groups is 4. The van der Waals surface area contributed by atoms with Crippen LogP contribution in [-0.2, 0) is 14.3 Å². The first-order valence-electron chi connectivity index (χ1n) is 11.7. The van der Waals surface area contributed by atoms with Crippen molar-refractivity contribution in [1.82, 2.24) is 5.32 Å². The van der Waals surface area contributed by atoms with E-state index < -0.39 is 43.2 Å². The van der Waals surface area contributed by atoms with Gasteiger partial charge in [0, 0.05) is 12.8 Å². The molecule has 9 heteroatoms.